The number of rotatable bonds is 7. The molecule has 34 heavy (non-hydrogen) atoms. The molecule has 0 bridgehead atoms. The Labute approximate surface area is 206 Å². The minimum Gasteiger partial charge on any atom is -0.342 e. The first-order valence-corrected chi connectivity index (χ1v) is 13.0. The number of benzene rings is 2. The maximum atomic E-state index is 13.0. The maximum absolute atomic E-state index is 13.0. The second-order valence-corrected chi connectivity index (χ2v) is 10.2. The highest BCUT2D eigenvalue weighted by Crippen LogP contribution is 2.23. The molecule has 0 saturated carbocycles. The van der Waals surface area contributed by atoms with Gasteiger partial charge in [-0.1, -0.05) is 71.9 Å². The lowest BCUT2D eigenvalue weighted by molar-refractivity contribution is -0.129. The molecule has 0 radical (unpaired) electrons. The van der Waals surface area contributed by atoms with E-state index in [1.54, 1.807) is 11.6 Å². The first-order valence-electron chi connectivity index (χ1n) is 12.0. The largest absolute Gasteiger partial charge is 0.342 e. The number of likely N-dealkylation sites (tertiary alicyclic amines) is 1. The van der Waals surface area contributed by atoms with Crippen molar-refractivity contribution in [2.24, 2.45) is 13.0 Å². The average Bonchev–Trinajstić information content (AvgIpc) is 2.84. The van der Waals surface area contributed by atoms with Crippen molar-refractivity contribution in [2.45, 2.75) is 44.7 Å². The molecule has 178 valence electrons. The standard InChI is InChI=1S/C28H33N3O2S/c1-20-8-7-11-24(16-20)18-25-21(2)29-28(30(3)27(25)33)34-19-26(32)31-14-12-23(13-15-31)17-22-9-5-4-6-10-22/h4-11,16,23H,12-15,17-19H2,1-3H3. The second kappa shape index (κ2) is 11.0. The lowest BCUT2D eigenvalue weighted by atomic mass is 9.90. The van der Waals surface area contributed by atoms with Gasteiger partial charge in [0.1, 0.15) is 0 Å². The minimum absolute atomic E-state index is 0.0364. The quantitative estimate of drug-likeness (QED) is 0.371. The number of hydrogen-bond acceptors (Lipinski definition) is 4. The van der Waals surface area contributed by atoms with E-state index in [0.29, 0.717) is 28.8 Å². The molecule has 1 amide bonds. The summed E-state index contributed by atoms with van der Waals surface area (Å²) in [6.07, 6.45) is 3.72. The van der Waals surface area contributed by atoms with Crippen LogP contribution in [0.2, 0.25) is 0 Å². The van der Waals surface area contributed by atoms with Crippen molar-refractivity contribution in [3.63, 3.8) is 0 Å². The normalized spacial score (nSPS) is 14.4. The summed E-state index contributed by atoms with van der Waals surface area (Å²) >= 11 is 1.36. The van der Waals surface area contributed by atoms with E-state index in [1.807, 2.05) is 30.0 Å². The first kappa shape index (κ1) is 24.3. The Balaban J connectivity index is 1.33. The van der Waals surface area contributed by atoms with E-state index in [2.05, 4.69) is 48.3 Å². The molecule has 2 heterocycles. The number of nitrogens with zero attached hydrogens (tertiary/aromatic N) is 3. The summed E-state index contributed by atoms with van der Waals surface area (Å²) in [5.41, 5.74) is 5.07. The van der Waals surface area contributed by atoms with E-state index in [1.165, 1.54) is 22.9 Å². The highest BCUT2D eigenvalue weighted by molar-refractivity contribution is 7.99. The summed E-state index contributed by atoms with van der Waals surface area (Å²) in [6.45, 7) is 5.54. The minimum atomic E-state index is -0.0364. The Morgan fingerprint density at radius 3 is 2.44 bits per heavy atom. The van der Waals surface area contributed by atoms with Crippen molar-refractivity contribution >= 4 is 17.7 Å². The van der Waals surface area contributed by atoms with Crippen LogP contribution in [0.1, 0.15) is 40.8 Å². The Morgan fingerprint density at radius 2 is 1.74 bits per heavy atom. The van der Waals surface area contributed by atoms with Crippen LogP contribution in [0.3, 0.4) is 0 Å². The monoisotopic (exact) mass is 475 g/mol. The fraction of sp³-hybridized carbons (Fsp3) is 0.393. The third-order valence-electron chi connectivity index (χ3n) is 6.67. The molecular formula is C28H33N3O2S. The number of aryl methyl sites for hydroxylation is 2. The second-order valence-electron chi connectivity index (χ2n) is 9.29. The molecule has 0 atom stereocenters. The lowest BCUT2D eigenvalue weighted by Gasteiger charge is -2.32. The van der Waals surface area contributed by atoms with Crippen molar-refractivity contribution in [3.05, 3.63) is 92.9 Å². The number of aromatic nitrogens is 2. The zero-order valence-electron chi connectivity index (χ0n) is 20.3. The highest BCUT2D eigenvalue weighted by atomic mass is 32.2. The summed E-state index contributed by atoms with van der Waals surface area (Å²) in [6, 6.07) is 18.8. The molecule has 3 aromatic rings. The van der Waals surface area contributed by atoms with Crippen molar-refractivity contribution in [1.29, 1.82) is 0 Å². The van der Waals surface area contributed by atoms with E-state index < -0.39 is 0 Å². The van der Waals surface area contributed by atoms with Crippen molar-refractivity contribution in [2.75, 3.05) is 18.8 Å². The molecule has 1 aliphatic rings. The van der Waals surface area contributed by atoms with E-state index in [0.717, 1.165) is 43.6 Å². The van der Waals surface area contributed by atoms with Crippen LogP contribution in [0.25, 0.3) is 0 Å². The molecule has 4 rings (SSSR count). The van der Waals surface area contributed by atoms with Gasteiger partial charge in [-0.3, -0.25) is 14.2 Å². The zero-order valence-corrected chi connectivity index (χ0v) is 21.1. The van der Waals surface area contributed by atoms with Gasteiger partial charge < -0.3 is 4.90 Å². The number of hydrogen-bond donors (Lipinski definition) is 0. The van der Waals surface area contributed by atoms with Crippen LogP contribution in [0.15, 0.2) is 64.5 Å². The summed E-state index contributed by atoms with van der Waals surface area (Å²) in [4.78, 5) is 32.5. The zero-order chi connectivity index (χ0) is 24.1. The van der Waals surface area contributed by atoms with Crippen LogP contribution < -0.4 is 5.56 Å². The van der Waals surface area contributed by atoms with Crippen LogP contribution in [0.4, 0.5) is 0 Å². The van der Waals surface area contributed by atoms with E-state index >= 15 is 0 Å². The Kier molecular flexibility index (Phi) is 7.88. The molecule has 0 unspecified atom stereocenters. The van der Waals surface area contributed by atoms with Crippen LogP contribution in [-0.2, 0) is 24.7 Å². The topological polar surface area (TPSA) is 55.2 Å². The fourth-order valence-electron chi connectivity index (χ4n) is 4.64. The van der Waals surface area contributed by atoms with E-state index in [-0.39, 0.29) is 11.5 Å². The van der Waals surface area contributed by atoms with Gasteiger partial charge in [0.05, 0.1) is 5.75 Å². The summed E-state index contributed by atoms with van der Waals surface area (Å²) in [7, 11) is 1.75. The number of carbonyl (C=O) groups is 1. The molecule has 1 aliphatic heterocycles. The lowest BCUT2D eigenvalue weighted by Crippen LogP contribution is -2.40. The van der Waals surface area contributed by atoms with Gasteiger partial charge in [0.15, 0.2) is 5.16 Å². The molecule has 1 aromatic heterocycles. The predicted octanol–water partition coefficient (Wildman–Crippen LogP) is 4.56. The third kappa shape index (κ3) is 5.98. The highest BCUT2D eigenvalue weighted by Gasteiger charge is 2.23. The van der Waals surface area contributed by atoms with Gasteiger partial charge in [-0.2, -0.15) is 0 Å². The van der Waals surface area contributed by atoms with Crippen molar-refractivity contribution < 1.29 is 4.79 Å². The summed E-state index contributed by atoms with van der Waals surface area (Å²) in [5.74, 6) is 1.06. The summed E-state index contributed by atoms with van der Waals surface area (Å²) < 4.78 is 1.59. The van der Waals surface area contributed by atoms with Gasteiger partial charge in [0, 0.05) is 37.8 Å². The van der Waals surface area contributed by atoms with E-state index in [9.17, 15) is 9.59 Å². The Bertz CT molecular complexity index is 1200. The molecule has 1 fully saturated rings. The molecule has 0 N–H and O–H groups in total. The average molecular weight is 476 g/mol. The molecule has 6 heteroatoms. The molecular weight excluding hydrogens is 442 g/mol. The summed E-state index contributed by atoms with van der Waals surface area (Å²) in [5, 5.41) is 0.600. The number of amides is 1. The molecule has 1 saturated heterocycles. The number of piperidine rings is 1. The molecule has 2 aromatic carbocycles. The Morgan fingerprint density at radius 1 is 1.03 bits per heavy atom. The van der Waals surface area contributed by atoms with Crippen molar-refractivity contribution in [1.82, 2.24) is 14.5 Å². The Hall–Kier alpha value is -2.86. The van der Waals surface area contributed by atoms with Gasteiger partial charge in [-0.05, 0) is 50.2 Å². The number of carbonyl (C=O) groups excluding carboxylic acids is 1. The molecule has 0 aliphatic carbocycles. The molecule has 5 nitrogen and oxygen atoms in total. The van der Waals surface area contributed by atoms with Gasteiger partial charge in [-0.25, -0.2) is 4.98 Å². The van der Waals surface area contributed by atoms with Crippen LogP contribution in [0, 0.1) is 19.8 Å². The van der Waals surface area contributed by atoms with Gasteiger partial charge >= 0.3 is 0 Å². The van der Waals surface area contributed by atoms with Crippen LogP contribution >= 0.6 is 11.8 Å². The SMILES string of the molecule is Cc1cccc(Cc2c(C)nc(SCC(=O)N3CCC(Cc4ccccc4)CC3)n(C)c2=O)c1. The third-order valence-corrected chi connectivity index (χ3v) is 7.69. The molecule has 0 spiro atoms. The first-order chi connectivity index (χ1) is 16.4. The van der Waals surface area contributed by atoms with Crippen LogP contribution in [-0.4, -0.2) is 39.2 Å². The maximum Gasteiger partial charge on any atom is 0.257 e. The van der Waals surface area contributed by atoms with Gasteiger partial charge in [-0.15, -0.1) is 0 Å². The van der Waals surface area contributed by atoms with Crippen molar-refractivity contribution in [3.8, 4) is 0 Å². The smallest absolute Gasteiger partial charge is 0.257 e. The van der Waals surface area contributed by atoms with Crippen LogP contribution in [0.5, 0.6) is 0 Å². The van der Waals surface area contributed by atoms with E-state index in [4.69, 9.17) is 0 Å². The number of thioether (sulfide) groups is 1. The predicted molar refractivity (Wildman–Crippen MR) is 138 cm³/mol. The van der Waals surface area contributed by atoms with Gasteiger partial charge in [0.2, 0.25) is 5.91 Å². The van der Waals surface area contributed by atoms with Gasteiger partial charge in [0.25, 0.3) is 5.56 Å². The fourth-order valence-corrected chi connectivity index (χ4v) is 5.55.